The van der Waals surface area contributed by atoms with Crippen LogP contribution in [0.2, 0.25) is 0 Å². The molecule has 0 radical (unpaired) electrons. The standard InChI is InChI=1S/C16H27N3O/c1-2-3-8-18-16-13-14(6-7-15(16)17)20-12-11-19-9-4-5-10-19/h6-7,13,18H,2-5,8-12,17H2,1H3. The van der Waals surface area contributed by atoms with Crippen LogP contribution in [0.4, 0.5) is 11.4 Å². The molecule has 1 aromatic carbocycles. The van der Waals surface area contributed by atoms with Gasteiger partial charge in [0, 0.05) is 19.2 Å². The van der Waals surface area contributed by atoms with E-state index >= 15 is 0 Å². The van der Waals surface area contributed by atoms with Crippen LogP contribution in [-0.2, 0) is 0 Å². The van der Waals surface area contributed by atoms with Crippen molar-refractivity contribution in [2.75, 3.05) is 43.8 Å². The van der Waals surface area contributed by atoms with Gasteiger partial charge < -0.3 is 15.8 Å². The summed E-state index contributed by atoms with van der Waals surface area (Å²) in [6.45, 7) is 7.34. The van der Waals surface area contributed by atoms with Crippen LogP contribution in [0.3, 0.4) is 0 Å². The largest absolute Gasteiger partial charge is 0.492 e. The summed E-state index contributed by atoms with van der Waals surface area (Å²) >= 11 is 0. The third-order valence-corrected chi connectivity index (χ3v) is 3.75. The quantitative estimate of drug-likeness (QED) is 0.566. The fraction of sp³-hybridized carbons (Fsp3) is 0.625. The summed E-state index contributed by atoms with van der Waals surface area (Å²) in [6.07, 6.45) is 4.99. The first kappa shape index (κ1) is 15.0. The number of nitrogens with zero attached hydrogens (tertiary/aromatic N) is 1. The Morgan fingerprint density at radius 3 is 2.85 bits per heavy atom. The van der Waals surface area contributed by atoms with Crippen molar-refractivity contribution in [1.29, 1.82) is 0 Å². The van der Waals surface area contributed by atoms with Gasteiger partial charge in [-0.15, -0.1) is 0 Å². The van der Waals surface area contributed by atoms with Gasteiger partial charge in [-0.1, -0.05) is 13.3 Å². The molecule has 0 aromatic heterocycles. The maximum atomic E-state index is 5.97. The third-order valence-electron chi connectivity index (χ3n) is 3.75. The van der Waals surface area contributed by atoms with Crippen LogP contribution >= 0.6 is 0 Å². The molecule has 1 saturated heterocycles. The maximum absolute atomic E-state index is 5.97. The summed E-state index contributed by atoms with van der Waals surface area (Å²) in [7, 11) is 0. The van der Waals surface area contributed by atoms with E-state index in [2.05, 4.69) is 17.1 Å². The number of hydrogen-bond acceptors (Lipinski definition) is 4. The average Bonchev–Trinajstić information content (AvgIpc) is 2.95. The second kappa shape index (κ2) is 8.00. The molecule has 112 valence electrons. The Kier molecular flexibility index (Phi) is 5.99. The highest BCUT2D eigenvalue weighted by molar-refractivity contribution is 5.68. The summed E-state index contributed by atoms with van der Waals surface area (Å²) in [5.74, 6) is 0.900. The monoisotopic (exact) mass is 277 g/mol. The molecule has 0 bridgehead atoms. The fourth-order valence-corrected chi connectivity index (χ4v) is 2.48. The summed E-state index contributed by atoms with van der Waals surface area (Å²) < 4.78 is 5.83. The second-order valence-corrected chi connectivity index (χ2v) is 5.43. The van der Waals surface area contributed by atoms with Crippen molar-refractivity contribution in [2.45, 2.75) is 32.6 Å². The number of likely N-dealkylation sites (tertiary alicyclic amines) is 1. The van der Waals surface area contributed by atoms with Gasteiger partial charge in [0.05, 0.1) is 11.4 Å². The maximum Gasteiger partial charge on any atom is 0.121 e. The van der Waals surface area contributed by atoms with Crippen LogP contribution in [-0.4, -0.2) is 37.7 Å². The Labute approximate surface area is 122 Å². The number of nitrogens with one attached hydrogen (secondary N) is 1. The lowest BCUT2D eigenvalue weighted by Crippen LogP contribution is -2.25. The topological polar surface area (TPSA) is 50.5 Å². The zero-order valence-corrected chi connectivity index (χ0v) is 12.5. The van der Waals surface area contributed by atoms with E-state index in [-0.39, 0.29) is 0 Å². The molecule has 0 atom stereocenters. The van der Waals surface area contributed by atoms with Gasteiger partial charge in [-0.05, 0) is 44.5 Å². The van der Waals surface area contributed by atoms with Gasteiger partial charge in [-0.2, -0.15) is 0 Å². The van der Waals surface area contributed by atoms with Crippen LogP contribution in [0, 0.1) is 0 Å². The molecule has 1 aliphatic heterocycles. The summed E-state index contributed by atoms with van der Waals surface area (Å²) in [6, 6.07) is 5.87. The molecule has 0 unspecified atom stereocenters. The van der Waals surface area contributed by atoms with Gasteiger partial charge in [0.1, 0.15) is 12.4 Å². The zero-order chi connectivity index (χ0) is 14.2. The first-order chi connectivity index (χ1) is 9.79. The van der Waals surface area contributed by atoms with Gasteiger partial charge in [-0.3, -0.25) is 4.90 Å². The number of rotatable bonds is 8. The number of benzene rings is 1. The molecular formula is C16H27N3O. The minimum Gasteiger partial charge on any atom is -0.492 e. The minimum atomic E-state index is 0.748. The van der Waals surface area contributed by atoms with Crippen LogP contribution in [0.5, 0.6) is 5.75 Å². The molecule has 0 spiro atoms. The molecular weight excluding hydrogens is 250 g/mol. The molecule has 1 aromatic rings. The second-order valence-electron chi connectivity index (χ2n) is 5.43. The molecule has 0 amide bonds. The van der Waals surface area contributed by atoms with Crippen molar-refractivity contribution in [3.63, 3.8) is 0 Å². The Hall–Kier alpha value is -1.42. The highest BCUT2D eigenvalue weighted by Crippen LogP contribution is 2.24. The first-order valence-corrected chi connectivity index (χ1v) is 7.78. The van der Waals surface area contributed by atoms with Gasteiger partial charge in [0.2, 0.25) is 0 Å². The number of unbranched alkanes of at least 4 members (excludes halogenated alkanes) is 1. The minimum absolute atomic E-state index is 0.748. The van der Waals surface area contributed by atoms with E-state index in [1.807, 2.05) is 18.2 Å². The predicted octanol–water partition coefficient (Wildman–Crippen LogP) is 2.96. The third kappa shape index (κ3) is 4.60. The van der Waals surface area contributed by atoms with E-state index in [1.54, 1.807) is 0 Å². The Morgan fingerprint density at radius 2 is 2.10 bits per heavy atom. The SMILES string of the molecule is CCCCNc1cc(OCCN2CCCC2)ccc1N. The number of hydrogen-bond donors (Lipinski definition) is 2. The number of anilines is 2. The molecule has 1 heterocycles. The van der Waals surface area contributed by atoms with E-state index in [0.717, 1.165) is 43.2 Å². The van der Waals surface area contributed by atoms with Gasteiger partial charge >= 0.3 is 0 Å². The van der Waals surface area contributed by atoms with Gasteiger partial charge in [0.25, 0.3) is 0 Å². The van der Waals surface area contributed by atoms with E-state index in [1.165, 1.54) is 32.4 Å². The highest BCUT2D eigenvalue weighted by Gasteiger charge is 2.10. The van der Waals surface area contributed by atoms with Crippen molar-refractivity contribution in [3.05, 3.63) is 18.2 Å². The smallest absolute Gasteiger partial charge is 0.121 e. The Bertz CT molecular complexity index is 403. The van der Waals surface area contributed by atoms with E-state index in [0.29, 0.717) is 0 Å². The predicted molar refractivity (Wildman–Crippen MR) is 85.4 cm³/mol. The van der Waals surface area contributed by atoms with Crippen molar-refractivity contribution in [2.24, 2.45) is 0 Å². The summed E-state index contributed by atoms with van der Waals surface area (Å²) in [5.41, 5.74) is 7.74. The van der Waals surface area contributed by atoms with Crippen LogP contribution in [0.1, 0.15) is 32.6 Å². The molecule has 1 aliphatic rings. The fourth-order valence-electron chi connectivity index (χ4n) is 2.48. The van der Waals surface area contributed by atoms with Crippen molar-refractivity contribution in [3.8, 4) is 5.75 Å². The number of nitrogens with two attached hydrogens (primary N) is 1. The molecule has 20 heavy (non-hydrogen) atoms. The van der Waals surface area contributed by atoms with Crippen molar-refractivity contribution < 1.29 is 4.74 Å². The summed E-state index contributed by atoms with van der Waals surface area (Å²) in [4.78, 5) is 2.46. The Balaban J connectivity index is 1.79. The van der Waals surface area contributed by atoms with Crippen molar-refractivity contribution >= 4 is 11.4 Å². The van der Waals surface area contributed by atoms with Crippen LogP contribution in [0.25, 0.3) is 0 Å². The summed E-state index contributed by atoms with van der Waals surface area (Å²) in [5, 5.41) is 3.37. The molecule has 0 aliphatic carbocycles. The lowest BCUT2D eigenvalue weighted by Gasteiger charge is -2.16. The Morgan fingerprint density at radius 1 is 1.30 bits per heavy atom. The molecule has 3 N–H and O–H groups in total. The molecule has 4 heteroatoms. The highest BCUT2D eigenvalue weighted by atomic mass is 16.5. The molecule has 2 rings (SSSR count). The van der Waals surface area contributed by atoms with Gasteiger partial charge in [-0.25, -0.2) is 0 Å². The molecule has 0 saturated carbocycles. The first-order valence-electron chi connectivity index (χ1n) is 7.78. The van der Waals surface area contributed by atoms with Gasteiger partial charge in [0.15, 0.2) is 0 Å². The molecule has 4 nitrogen and oxygen atoms in total. The normalized spacial score (nSPS) is 15.4. The number of ether oxygens (including phenoxy) is 1. The van der Waals surface area contributed by atoms with Crippen molar-refractivity contribution in [1.82, 2.24) is 4.90 Å². The van der Waals surface area contributed by atoms with E-state index in [4.69, 9.17) is 10.5 Å². The van der Waals surface area contributed by atoms with E-state index in [9.17, 15) is 0 Å². The lowest BCUT2D eigenvalue weighted by atomic mass is 10.2. The average molecular weight is 277 g/mol. The number of nitrogen functional groups attached to an aromatic ring is 1. The molecule has 1 fully saturated rings. The van der Waals surface area contributed by atoms with E-state index < -0.39 is 0 Å². The zero-order valence-electron chi connectivity index (χ0n) is 12.5. The lowest BCUT2D eigenvalue weighted by molar-refractivity contribution is 0.238. The van der Waals surface area contributed by atoms with Crippen LogP contribution < -0.4 is 15.8 Å². The van der Waals surface area contributed by atoms with Crippen LogP contribution in [0.15, 0.2) is 18.2 Å².